The van der Waals surface area contributed by atoms with E-state index < -0.39 is 0 Å². The Balaban J connectivity index is 1.30. The van der Waals surface area contributed by atoms with Crippen LogP contribution in [-0.4, -0.2) is 66.9 Å². The summed E-state index contributed by atoms with van der Waals surface area (Å²) >= 11 is 0. The molecule has 7 heteroatoms. The summed E-state index contributed by atoms with van der Waals surface area (Å²) in [6.45, 7) is 4.55. The molecule has 126 valence electrons. The number of rotatable bonds is 7. The molecule has 2 heterocycles. The number of piperazine rings is 1. The first-order valence-electron chi connectivity index (χ1n) is 8.22. The second kappa shape index (κ2) is 7.61. The maximum absolute atomic E-state index is 11.9. The lowest BCUT2D eigenvalue weighted by atomic mass is 10.3. The standard InChI is InChI=1S/C16H24N4O3/c21-15(17-10-14-2-1-9-23-14)11-19-5-7-20(8-6-19)12-16(22)18-13-3-4-13/h1-2,9,13H,3-8,10-12H2,(H,17,21)(H,18,22). The third kappa shape index (κ3) is 5.37. The van der Waals surface area contributed by atoms with Gasteiger partial charge < -0.3 is 15.1 Å². The van der Waals surface area contributed by atoms with Crippen LogP contribution in [0.25, 0.3) is 0 Å². The van der Waals surface area contributed by atoms with Crippen LogP contribution in [-0.2, 0) is 16.1 Å². The van der Waals surface area contributed by atoms with Gasteiger partial charge >= 0.3 is 0 Å². The van der Waals surface area contributed by atoms with E-state index >= 15 is 0 Å². The SMILES string of the molecule is O=C(CN1CCN(CC(=O)NC2CC2)CC1)NCc1ccco1. The summed E-state index contributed by atoms with van der Waals surface area (Å²) in [6, 6.07) is 4.06. The van der Waals surface area contributed by atoms with Crippen molar-refractivity contribution in [3.05, 3.63) is 24.2 Å². The maximum atomic E-state index is 11.9. The van der Waals surface area contributed by atoms with Crippen molar-refractivity contribution in [3.63, 3.8) is 0 Å². The molecule has 0 atom stereocenters. The van der Waals surface area contributed by atoms with Gasteiger partial charge in [-0.1, -0.05) is 0 Å². The molecule has 0 unspecified atom stereocenters. The van der Waals surface area contributed by atoms with Crippen molar-refractivity contribution in [2.24, 2.45) is 0 Å². The molecule has 1 aromatic rings. The molecule has 1 aliphatic carbocycles. The highest BCUT2D eigenvalue weighted by molar-refractivity contribution is 5.79. The van der Waals surface area contributed by atoms with Crippen LogP contribution < -0.4 is 10.6 Å². The molecule has 2 fully saturated rings. The summed E-state index contributed by atoms with van der Waals surface area (Å²) in [5.74, 6) is 0.878. The first-order valence-corrected chi connectivity index (χ1v) is 8.22. The van der Waals surface area contributed by atoms with E-state index in [9.17, 15) is 9.59 Å². The number of furan rings is 1. The summed E-state index contributed by atoms with van der Waals surface area (Å²) in [5.41, 5.74) is 0. The maximum Gasteiger partial charge on any atom is 0.234 e. The topological polar surface area (TPSA) is 77.8 Å². The third-order valence-corrected chi connectivity index (χ3v) is 4.18. The lowest BCUT2D eigenvalue weighted by Crippen LogP contribution is -2.51. The lowest BCUT2D eigenvalue weighted by molar-refractivity contribution is -0.125. The number of carbonyl (C=O) groups is 2. The van der Waals surface area contributed by atoms with Crippen molar-refractivity contribution in [3.8, 4) is 0 Å². The summed E-state index contributed by atoms with van der Waals surface area (Å²) in [6.07, 6.45) is 3.83. The van der Waals surface area contributed by atoms with Gasteiger partial charge in [0.05, 0.1) is 25.9 Å². The van der Waals surface area contributed by atoms with Crippen LogP contribution in [0, 0.1) is 0 Å². The van der Waals surface area contributed by atoms with E-state index in [4.69, 9.17) is 4.42 Å². The molecule has 1 aromatic heterocycles. The van der Waals surface area contributed by atoms with E-state index in [-0.39, 0.29) is 11.8 Å². The Morgan fingerprint density at radius 1 is 1.09 bits per heavy atom. The highest BCUT2D eigenvalue weighted by Gasteiger charge is 2.25. The van der Waals surface area contributed by atoms with Crippen LogP contribution in [0.15, 0.2) is 22.8 Å². The molecule has 2 N–H and O–H groups in total. The number of amides is 2. The van der Waals surface area contributed by atoms with Gasteiger partial charge in [0.25, 0.3) is 0 Å². The van der Waals surface area contributed by atoms with Gasteiger partial charge in [-0.15, -0.1) is 0 Å². The molecule has 2 aliphatic rings. The predicted octanol–water partition coefficient (Wildman–Crippen LogP) is -0.208. The first kappa shape index (κ1) is 16.0. The van der Waals surface area contributed by atoms with E-state index in [0.29, 0.717) is 25.7 Å². The Kier molecular flexibility index (Phi) is 5.30. The highest BCUT2D eigenvalue weighted by atomic mass is 16.3. The van der Waals surface area contributed by atoms with Crippen LogP contribution in [0.3, 0.4) is 0 Å². The van der Waals surface area contributed by atoms with Gasteiger partial charge in [-0.3, -0.25) is 19.4 Å². The summed E-state index contributed by atoms with van der Waals surface area (Å²) < 4.78 is 5.18. The van der Waals surface area contributed by atoms with E-state index in [2.05, 4.69) is 20.4 Å². The summed E-state index contributed by atoms with van der Waals surface area (Å²) in [4.78, 5) is 28.0. The van der Waals surface area contributed by atoms with Gasteiger partial charge in [-0.05, 0) is 25.0 Å². The Labute approximate surface area is 136 Å². The normalized spacial score (nSPS) is 19.5. The molecule has 23 heavy (non-hydrogen) atoms. The zero-order valence-electron chi connectivity index (χ0n) is 13.3. The molecular formula is C16H24N4O3. The first-order chi connectivity index (χ1) is 11.2. The lowest BCUT2D eigenvalue weighted by Gasteiger charge is -2.33. The predicted molar refractivity (Wildman–Crippen MR) is 84.6 cm³/mol. The molecular weight excluding hydrogens is 296 g/mol. The van der Waals surface area contributed by atoms with Crippen molar-refractivity contribution in [2.45, 2.75) is 25.4 Å². The van der Waals surface area contributed by atoms with Crippen molar-refractivity contribution in [1.82, 2.24) is 20.4 Å². The van der Waals surface area contributed by atoms with Gasteiger partial charge in [-0.25, -0.2) is 0 Å². The highest BCUT2D eigenvalue weighted by Crippen LogP contribution is 2.18. The smallest absolute Gasteiger partial charge is 0.234 e. The second-order valence-electron chi connectivity index (χ2n) is 6.25. The van der Waals surface area contributed by atoms with Crippen molar-refractivity contribution in [1.29, 1.82) is 0 Å². The molecule has 1 saturated heterocycles. The fourth-order valence-corrected chi connectivity index (χ4v) is 2.67. The zero-order valence-corrected chi connectivity index (χ0v) is 13.3. The van der Waals surface area contributed by atoms with E-state index in [1.807, 2.05) is 6.07 Å². The summed E-state index contributed by atoms with van der Waals surface area (Å²) in [5, 5.41) is 5.86. The van der Waals surface area contributed by atoms with Crippen LogP contribution in [0.5, 0.6) is 0 Å². The van der Waals surface area contributed by atoms with Crippen LogP contribution in [0.4, 0.5) is 0 Å². The molecule has 7 nitrogen and oxygen atoms in total. The molecule has 0 bridgehead atoms. The molecule has 0 spiro atoms. The quantitative estimate of drug-likeness (QED) is 0.727. The average molecular weight is 320 g/mol. The van der Waals surface area contributed by atoms with Crippen molar-refractivity contribution >= 4 is 11.8 Å². The molecule has 0 radical (unpaired) electrons. The van der Waals surface area contributed by atoms with Gasteiger partial charge in [0.15, 0.2) is 0 Å². The second-order valence-corrected chi connectivity index (χ2v) is 6.25. The van der Waals surface area contributed by atoms with Gasteiger partial charge in [0, 0.05) is 32.2 Å². The number of nitrogens with zero attached hydrogens (tertiary/aromatic N) is 2. The van der Waals surface area contributed by atoms with E-state index in [1.54, 1.807) is 12.3 Å². The minimum absolute atomic E-state index is 0.00123. The largest absolute Gasteiger partial charge is 0.467 e. The minimum Gasteiger partial charge on any atom is -0.467 e. The van der Waals surface area contributed by atoms with Crippen molar-refractivity contribution in [2.75, 3.05) is 39.3 Å². The van der Waals surface area contributed by atoms with Crippen LogP contribution in [0.1, 0.15) is 18.6 Å². The average Bonchev–Trinajstić information content (AvgIpc) is 3.18. The number of hydrogen-bond acceptors (Lipinski definition) is 5. The Morgan fingerprint density at radius 2 is 1.74 bits per heavy atom. The number of carbonyl (C=O) groups excluding carboxylic acids is 2. The number of hydrogen-bond donors (Lipinski definition) is 2. The van der Waals surface area contributed by atoms with Gasteiger partial charge in [0.1, 0.15) is 5.76 Å². The van der Waals surface area contributed by atoms with Gasteiger partial charge in [-0.2, -0.15) is 0 Å². The zero-order chi connectivity index (χ0) is 16.1. The molecule has 0 aromatic carbocycles. The minimum atomic E-state index is 0.00123. The summed E-state index contributed by atoms with van der Waals surface area (Å²) in [7, 11) is 0. The Hall–Kier alpha value is -1.86. The van der Waals surface area contributed by atoms with Crippen LogP contribution in [0.2, 0.25) is 0 Å². The van der Waals surface area contributed by atoms with E-state index in [0.717, 1.165) is 44.8 Å². The number of nitrogens with one attached hydrogen (secondary N) is 2. The molecule has 1 aliphatic heterocycles. The van der Waals surface area contributed by atoms with Crippen LogP contribution >= 0.6 is 0 Å². The third-order valence-electron chi connectivity index (χ3n) is 4.18. The molecule has 1 saturated carbocycles. The Bertz CT molecular complexity index is 519. The fourth-order valence-electron chi connectivity index (χ4n) is 2.67. The Morgan fingerprint density at radius 3 is 2.30 bits per heavy atom. The molecule has 2 amide bonds. The van der Waals surface area contributed by atoms with Gasteiger partial charge in [0.2, 0.25) is 11.8 Å². The fraction of sp³-hybridized carbons (Fsp3) is 0.625. The van der Waals surface area contributed by atoms with Crippen molar-refractivity contribution < 1.29 is 14.0 Å². The molecule has 3 rings (SSSR count). The van der Waals surface area contributed by atoms with E-state index in [1.165, 1.54) is 0 Å². The monoisotopic (exact) mass is 320 g/mol.